The van der Waals surface area contributed by atoms with Gasteiger partial charge in [-0.05, 0) is 31.5 Å². The molecule has 1 aromatic rings. The first-order chi connectivity index (χ1) is 11.9. The number of hydrogen-bond donors (Lipinski definition) is 1. The average Bonchev–Trinajstić information content (AvgIpc) is 2.84. The fourth-order valence-corrected chi connectivity index (χ4v) is 3.74. The first-order valence-corrected chi connectivity index (χ1v) is 8.75. The highest BCUT2D eigenvalue weighted by atomic mass is 19.4. The van der Waals surface area contributed by atoms with Crippen molar-refractivity contribution < 1.29 is 18.0 Å². The molecule has 25 heavy (non-hydrogen) atoms. The number of nitrogens with zero attached hydrogens (tertiary/aromatic N) is 2. The van der Waals surface area contributed by atoms with Crippen LogP contribution in [0, 0.1) is 5.41 Å². The molecular weight excluding hydrogens is 331 g/mol. The van der Waals surface area contributed by atoms with Gasteiger partial charge in [-0.2, -0.15) is 13.2 Å². The van der Waals surface area contributed by atoms with Gasteiger partial charge in [0.1, 0.15) is 0 Å². The normalized spacial score (nSPS) is 25.8. The fourth-order valence-electron chi connectivity index (χ4n) is 3.74. The summed E-state index contributed by atoms with van der Waals surface area (Å²) in [5.74, 6) is -0.751. The first-order valence-electron chi connectivity index (χ1n) is 8.75. The van der Waals surface area contributed by atoms with Gasteiger partial charge in [0.05, 0.1) is 0 Å². The van der Waals surface area contributed by atoms with Crippen molar-refractivity contribution in [2.75, 3.05) is 39.3 Å². The highest BCUT2D eigenvalue weighted by Gasteiger charge is 2.63. The molecule has 2 saturated heterocycles. The SMILES string of the molecule is O=C(N1CCCNCC1)C1(C(F)(F)F)CCN(Cc2ccccc2)C1. The van der Waals surface area contributed by atoms with E-state index in [1.165, 1.54) is 4.90 Å². The van der Waals surface area contributed by atoms with Gasteiger partial charge in [0.2, 0.25) is 5.91 Å². The van der Waals surface area contributed by atoms with Crippen molar-refractivity contribution in [2.45, 2.75) is 25.6 Å². The Hall–Kier alpha value is -1.60. The van der Waals surface area contributed by atoms with Crippen molar-refractivity contribution in [3.05, 3.63) is 35.9 Å². The Kier molecular flexibility index (Phi) is 5.34. The van der Waals surface area contributed by atoms with Crippen LogP contribution in [0.4, 0.5) is 13.2 Å². The van der Waals surface area contributed by atoms with Crippen LogP contribution in [0.2, 0.25) is 0 Å². The van der Waals surface area contributed by atoms with E-state index in [9.17, 15) is 18.0 Å². The first kappa shape index (κ1) is 18.2. The van der Waals surface area contributed by atoms with E-state index < -0.39 is 17.5 Å². The van der Waals surface area contributed by atoms with E-state index in [0.717, 1.165) is 12.1 Å². The highest BCUT2D eigenvalue weighted by Crippen LogP contribution is 2.47. The minimum atomic E-state index is -4.53. The number of benzene rings is 1. The Morgan fingerprint density at radius 2 is 1.88 bits per heavy atom. The number of carbonyl (C=O) groups excluding carboxylic acids is 1. The van der Waals surface area contributed by atoms with Crippen LogP contribution in [0.1, 0.15) is 18.4 Å². The Balaban J connectivity index is 1.77. The second-order valence-corrected chi connectivity index (χ2v) is 6.92. The molecule has 2 aliphatic heterocycles. The quantitative estimate of drug-likeness (QED) is 0.904. The molecule has 0 saturated carbocycles. The lowest BCUT2D eigenvalue weighted by atomic mass is 9.84. The van der Waals surface area contributed by atoms with Crippen LogP contribution in [0.25, 0.3) is 0 Å². The molecule has 2 fully saturated rings. The standard InChI is InChI=1S/C18H24F3N3O/c19-18(20,21)17(16(25)24-10-4-8-22-9-12-24)7-11-23(14-17)13-15-5-2-1-3-6-15/h1-3,5-6,22H,4,7-14H2. The van der Waals surface area contributed by atoms with Crippen molar-refractivity contribution in [3.63, 3.8) is 0 Å². The van der Waals surface area contributed by atoms with Crippen LogP contribution >= 0.6 is 0 Å². The molecule has 0 aliphatic carbocycles. The predicted molar refractivity (Wildman–Crippen MR) is 88.9 cm³/mol. The molecule has 0 aromatic heterocycles. The van der Waals surface area contributed by atoms with Crippen LogP contribution in [-0.2, 0) is 11.3 Å². The van der Waals surface area contributed by atoms with Crippen molar-refractivity contribution >= 4 is 5.91 Å². The molecule has 0 spiro atoms. The molecule has 138 valence electrons. The van der Waals surface area contributed by atoms with Crippen molar-refractivity contribution in [1.82, 2.24) is 15.1 Å². The van der Waals surface area contributed by atoms with E-state index in [4.69, 9.17) is 0 Å². The third kappa shape index (κ3) is 3.82. The number of nitrogens with one attached hydrogen (secondary N) is 1. The zero-order chi connectivity index (χ0) is 17.9. The van der Waals surface area contributed by atoms with Gasteiger partial charge in [0.15, 0.2) is 5.41 Å². The molecular formula is C18H24F3N3O. The predicted octanol–water partition coefficient (Wildman–Crippen LogP) is 2.26. The molecule has 1 atom stereocenters. The van der Waals surface area contributed by atoms with Crippen LogP contribution in [-0.4, -0.2) is 61.2 Å². The average molecular weight is 355 g/mol. The molecule has 4 nitrogen and oxygen atoms in total. The lowest BCUT2D eigenvalue weighted by Gasteiger charge is -2.35. The largest absolute Gasteiger partial charge is 0.404 e. The summed E-state index contributed by atoms with van der Waals surface area (Å²) in [7, 11) is 0. The molecule has 1 aromatic carbocycles. The summed E-state index contributed by atoms with van der Waals surface area (Å²) in [5.41, 5.74) is -1.31. The van der Waals surface area contributed by atoms with E-state index in [2.05, 4.69) is 5.32 Å². The molecule has 1 N–H and O–H groups in total. The lowest BCUT2D eigenvalue weighted by molar-refractivity contribution is -0.223. The minimum absolute atomic E-state index is 0.161. The lowest BCUT2D eigenvalue weighted by Crippen LogP contribution is -2.54. The summed E-state index contributed by atoms with van der Waals surface area (Å²) in [5, 5.41) is 3.13. The van der Waals surface area contributed by atoms with Gasteiger partial charge in [-0.3, -0.25) is 9.69 Å². The third-order valence-electron chi connectivity index (χ3n) is 5.18. The number of alkyl halides is 3. The van der Waals surface area contributed by atoms with Gasteiger partial charge in [0.25, 0.3) is 0 Å². The van der Waals surface area contributed by atoms with Crippen molar-refractivity contribution in [3.8, 4) is 0 Å². The summed E-state index contributed by atoms with van der Waals surface area (Å²) in [4.78, 5) is 16.0. The van der Waals surface area contributed by atoms with Gasteiger partial charge in [0, 0.05) is 32.7 Å². The Morgan fingerprint density at radius 1 is 1.12 bits per heavy atom. The Morgan fingerprint density at radius 3 is 2.60 bits per heavy atom. The zero-order valence-electron chi connectivity index (χ0n) is 14.2. The van der Waals surface area contributed by atoms with Gasteiger partial charge in [-0.25, -0.2) is 0 Å². The van der Waals surface area contributed by atoms with Crippen LogP contribution in [0.3, 0.4) is 0 Å². The van der Waals surface area contributed by atoms with Crippen LogP contribution in [0.15, 0.2) is 30.3 Å². The fraction of sp³-hybridized carbons (Fsp3) is 0.611. The summed E-state index contributed by atoms with van der Waals surface area (Å²) in [6.45, 7) is 2.49. The summed E-state index contributed by atoms with van der Waals surface area (Å²) < 4.78 is 41.8. The van der Waals surface area contributed by atoms with Gasteiger partial charge < -0.3 is 10.2 Å². The highest BCUT2D eigenvalue weighted by molar-refractivity contribution is 5.84. The minimum Gasteiger partial charge on any atom is -0.341 e. The summed E-state index contributed by atoms with van der Waals surface area (Å²) in [6.07, 6.45) is -4.01. The molecule has 1 amide bonds. The van der Waals surface area contributed by atoms with Gasteiger partial charge in [-0.1, -0.05) is 30.3 Å². The molecule has 3 rings (SSSR count). The van der Waals surface area contributed by atoms with Gasteiger partial charge >= 0.3 is 6.18 Å². The van der Waals surface area contributed by atoms with Crippen LogP contribution in [0.5, 0.6) is 0 Å². The van der Waals surface area contributed by atoms with E-state index in [1.54, 1.807) is 4.90 Å². The van der Waals surface area contributed by atoms with Gasteiger partial charge in [-0.15, -0.1) is 0 Å². The number of carbonyl (C=O) groups is 1. The van der Waals surface area contributed by atoms with Crippen LogP contribution < -0.4 is 5.32 Å². The summed E-state index contributed by atoms with van der Waals surface area (Å²) >= 11 is 0. The molecule has 0 bridgehead atoms. The maximum atomic E-state index is 13.9. The maximum Gasteiger partial charge on any atom is 0.404 e. The van der Waals surface area contributed by atoms with E-state index in [1.807, 2.05) is 30.3 Å². The van der Waals surface area contributed by atoms with Crippen molar-refractivity contribution in [1.29, 1.82) is 0 Å². The Labute approximate surface area is 146 Å². The summed E-state index contributed by atoms with van der Waals surface area (Å²) in [6, 6.07) is 9.42. The monoisotopic (exact) mass is 355 g/mol. The number of amides is 1. The topological polar surface area (TPSA) is 35.6 Å². The number of likely N-dealkylation sites (tertiary alicyclic amines) is 1. The maximum absolute atomic E-state index is 13.9. The third-order valence-corrected chi connectivity index (χ3v) is 5.18. The molecule has 0 radical (unpaired) electrons. The molecule has 2 heterocycles. The second-order valence-electron chi connectivity index (χ2n) is 6.92. The van der Waals surface area contributed by atoms with E-state index >= 15 is 0 Å². The smallest absolute Gasteiger partial charge is 0.341 e. The molecule has 2 aliphatic rings. The Bertz CT molecular complexity index is 585. The molecule has 7 heteroatoms. The van der Waals surface area contributed by atoms with Crippen molar-refractivity contribution in [2.24, 2.45) is 5.41 Å². The number of hydrogen-bond acceptors (Lipinski definition) is 3. The second kappa shape index (κ2) is 7.33. The van der Waals surface area contributed by atoms with E-state index in [-0.39, 0.29) is 19.5 Å². The number of halogens is 3. The number of rotatable bonds is 3. The molecule has 1 unspecified atom stereocenters. The van der Waals surface area contributed by atoms with E-state index in [0.29, 0.717) is 32.6 Å². The zero-order valence-corrected chi connectivity index (χ0v) is 14.2.